The Morgan fingerprint density at radius 2 is 1.65 bits per heavy atom. The van der Waals surface area contributed by atoms with Crippen LogP contribution >= 0.6 is 15.9 Å². The number of amides is 2. The molecule has 6 nitrogen and oxygen atoms in total. The third-order valence-corrected chi connectivity index (χ3v) is 4.84. The van der Waals surface area contributed by atoms with Crippen molar-refractivity contribution in [2.75, 3.05) is 44.6 Å². The number of carbonyl (C=O) groups excluding carboxylic acids is 1. The summed E-state index contributed by atoms with van der Waals surface area (Å²) in [7, 11) is 5.07. The van der Waals surface area contributed by atoms with Gasteiger partial charge in [0, 0.05) is 54.2 Å². The van der Waals surface area contributed by atoms with Gasteiger partial charge in [0.05, 0.1) is 20.3 Å². The molecular formula is C19H22BrN3O3. The Morgan fingerprint density at radius 3 is 2.23 bits per heavy atom. The number of carbonyl (C=O) groups is 1. The molecule has 2 aromatic carbocycles. The summed E-state index contributed by atoms with van der Waals surface area (Å²) in [6.07, 6.45) is 0. The number of hydrogen-bond acceptors (Lipinski definition) is 4. The van der Waals surface area contributed by atoms with E-state index < -0.39 is 0 Å². The van der Waals surface area contributed by atoms with Crippen LogP contribution in [0.2, 0.25) is 0 Å². The second-order valence-corrected chi connectivity index (χ2v) is 7.11. The minimum absolute atomic E-state index is 0.00593. The smallest absolute Gasteiger partial charge is 0.324 e. The summed E-state index contributed by atoms with van der Waals surface area (Å²) in [6.45, 7) is 1.19. The molecule has 2 amide bonds. The van der Waals surface area contributed by atoms with Crippen LogP contribution in [0.5, 0.6) is 11.5 Å². The van der Waals surface area contributed by atoms with Gasteiger partial charge >= 0.3 is 6.03 Å². The van der Waals surface area contributed by atoms with E-state index in [1.54, 1.807) is 24.0 Å². The fourth-order valence-electron chi connectivity index (χ4n) is 3.03. The summed E-state index contributed by atoms with van der Waals surface area (Å²) in [6, 6.07) is 13.5. The lowest BCUT2D eigenvalue weighted by Gasteiger charge is -2.39. The minimum Gasteiger partial charge on any atom is -0.497 e. The average Bonchev–Trinajstić information content (AvgIpc) is 2.65. The number of benzene rings is 2. The van der Waals surface area contributed by atoms with E-state index in [0.717, 1.165) is 27.3 Å². The molecule has 1 aliphatic rings. The van der Waals surface area contributed by atoms with Crippen molar-refractivity contribution in [3.05, 3.63) is 46.9 Å². The highest BCUT2D eigenvalue weighted by Crippen LogP contribution is 2.28. The number of hydrogen-bond donors (Lipinski definition) is 1. The van der Waals surface area contributed by atoms with Crippen molar-refractivity contribution < 1.29 is 14.3 Å². The van der Waals surface area contributed by atoms with E-state index in [9.17, 15) is 4.79 Å². The number of urea groups is 1. The first-order valence-electron chi connectivity index (χ1n) is 8.28. The van der Waals surface area contributed by atoms with Crippen molar-refractivity contribution in [1.82, 2.24) is 4.90 Å². The highest BCUT2D eigenvalue weighted by Gasteiger charge is 2.30. The standard InChI is InChI=1S/C19H22BrN3O3/c1-22-11-15(21-14-8-17(25-2)10-18(9-14)26-3)12-23(19(22)24)16-6-4-13(20)5-7-16/h4-10,15,21H,11-12H2,1-3H3. The Morgan fingerprint density at radius 1 is 1.04 bits per heavy atom. The van der Waals surface area contributed by atoms with Crippen molar-refractivity contribution in [2.24, 2.45) is 0 Å². The molecule has 0 aromatic heterocycles. The number of ether oxygens (including phenoxy) is 2. The maximum absolute atomic E-state index is 12.6. The first-order chi connectivity index (χ1) is 12.5. The average molecular weight is 420 g/mol. The van der Waals surface area contributed by atoms with E-state index in [1.807, 2.05) is 49.5 Å². The van der Waals surface area contributed by atoms with E-state index in [2.05, 4.69) is 21.2 Å². The van der Waals surface area contributed by atoms with Crippen LogP contribution in [0.1, 0.15) is 0 Å². The highest BCUT2D eigenvalue weighted by molar-refractivity contribution is 9.10. The normalized spacial score (nSPS) is 17.2. The molecule has 1 unspecified atom stereocenters. The van der Waals surface area contributed by atoms with Gasteiger partial charge in [0.15, 0.2) is 0 Å². The molecule has 0 bridgehead atoms. The zero-order chi connectivity index (χ0) is 18.7. The second-order valence-electron chi connectivity index (χ2n) is 6.19. The molecule has 1 aliphatic heterocycles. The molecule has 1 saturated heterocycles. The number of anilines is 2. The van der Waals surface area contributed by atoms with E-state index in [-0.39, 0.29) is 12.1 Å². The molecule has 1 atom stereocenters. The molecule has 0 saturated carbocycles. The number of methoxy groups -OCH3 is 2. The minimum atomic E-state index is -0.00593. The van der Waals surface area contributed by atoms with Crippen molar-refractivity contribution in [1.29, 1.82) is 0 Å². The SMILES string of the molecule is COc1cc(NC2CN(C)C(=O)N(c3ccc(Br)cc3)C2)cc(OC)c1. The van der Waals surface area contributed by atoms with Crippen LogP contribution in [-0.4, -0.2) is 51.3 Å². The Balaban J connectivity index is 1.80. The molecule has 0 aliphatic carbocycles. The summed E-state index contributed by atoms with van der Waals surface area (Å²) in [5.74, 6) is 1.44. The van der Waals surface area contributed by atoms with E-state index in [4.69, 9.17) is 9.47 Å². The lowest BCUT2D eigenvalue weighted by atomic mass is 10.1. The molecule has 1 fully saturated rings. The van der Waals surface area contributed by atoms with Crippen LogP contribution in [0.25, 0.3) is 0 Å². The van der Waals surface area contributed by atoms with E-state index in [1.165, 1.54) is 0 Å². The van der Waals surface area contributed by atoms with Gasteiger partial charge in [-0.05, 0) is 24.3 Å². The lowest BCUT2D eigenvalue weighted by Crippen LogP contribution is -2.56. The molecule has 138 valence electrons. The van der Waals surface area contributed by atoms with Crippen LogP contribution in [0.3, 0.4) is 0 Å². The van der Waals surface area contributed by atoms with Gasteiger partial charge in [0.2, 0.25) is 0 Å². The third kappa shape index (κ3) is 4.04. The van der Waals surface area contributed by atoms with E-state index in [0.29, 0.717) is 13.1 Å². The van der Waals surface area contributed by atoms with E-state index >= 15 is 0 Å². The largest absolute Gasteiger partial charge is 0.497 e. The predicted molar refractivity (Wildman–Crippen MR) is 106 cm³/mol. The van der Waals surface area contributed by atoms with Gasteiger partial charge in [-0.2, -0.15) is 0 Å². The Hall–Kier alpha value is -2.41. The maximum atomic E-state index is 12.6. The first-order valence-corrected chi connectivity index (χ1v) is 9.07. The highest BCUT2D eigenvalue weighted by atomic mass is 79.9. The van der Waals surface area contributed by atoms with Crippen LogP contribution < -0.4 is 19.7 Å². The van der Waals surface area contributed by atoms with Crippen LogP contribution in [0, 0.1) is 0 Å². The maximum Gasteiger partial charge on any atom is 0.324 e. The Kier molecular flexibility index (Phi) is 5.56. The molecule has 1 heterocycles. The number of halogens is 1. The third-order valence-electron chi connectivity index (χ3n) is 4.32. The van der Waals surface area contributed by atoms with Crippen molar-refractivity contribution >= 4 is 33.3 Å². The summed E-state index contributed by atoms with van der Waals surface area (Å²) in [4.78, 5) is 16.1. The van der Waals surface area contributed by atoms with Gasteiger partial charge in [-0.25, -0.2) is 4.79 Å². The zero-order valence-corrected chi connectivity index (χ0v) is 16.6. The Bertz CT molecular complexity index is 760. The molecule has 26 heavy (non-hydrogen) atoms. The summed E-state index contributed by atoms with van der Waals surface area (Å²) in [5, 5.41) is 3.49. The van der Waals surface area contributed by atoms with Gasteiger partial charge in [0.25, 0.3) is 0 Å². The molecular weight excluding hydrogens is 398 g/mol. The number of likely N-dealkylation sites (N-methyl/N-ethyl adjacent to an activating group) is 1. The van der Waals surface area contributed by atoms with Gasteiger partial charge < -0.3 is 19.7 Å². The fraction of sp³-hybridized carbons (Fsp3) is 0.316. The molecule has 3 rings (SSSR count). The second kappa shape index (κ2) is 7.86. The Labute approximate surface area is 161 Å². The molecule has 0 radical (unpaired) electrons. The lowest BCUT2D eigenvalue weighted by molar-refractivity contribution is 0.204. The van der Waals surface area contributed by atoms with Crippen LogP contribution in [0.4, 0.5) is 16.2 Å². The van der Waals surface area contributed by atoms with Crippen LogP contribution in [0.15, 0.2) is 46.9 Å². The fourth-order valence-corrected chi connectivity index (χ4v) is 3.29. The van der Waals surface area contributed by atoms with Gasteiger partial charge in [-0.1, -0.05) is 15.9 Å². The quantitative estimate of drug-likeness (QED) is 0.799. The molecule has 0 spiro atoms. The summed E-state index contributed by atoms with van der Waals surface area (Å²) < 4.78 is 11.6. The molecule has 2 aromatic rings. The number of nitrogens with one attached hydrogen (secondary N) is 1. The monoisotopic (exact) mass is 419 g/mol. The topological polar surface area (TPSA) is 54.0 Å². The summed E-state index contributed by atoms with van der Waals surface area (Å²) >= 11 is 3.43. The molecule has 1 N–H and O–H groups in total. The van der Waals surface area contributed by atoms with Gasteiger partial charge in [-0.3, -0.25) is 4.90 Å². The van der Waals surface area contributed by atoms with Crippen molar-refractivity contribution in [3.63, 3.8) is 0 Å². The summed E-state index contributed by atoms with van der Waals surface area (Å²) in [5.41, 5.74) is 1.77. The number of rotatable bonds is 5. The zero-order valence-electron chi connectivity index (χ0n) is 15.0. The first kappa shape index (κ1) is 18.4. The number of nitrogens with zero attached hydrogens (tertiary/aromatic N) is 2. The van der Waals surface area contributed by atoms with Gasteiger partial charge in [0.1, 0.15) is 11.5 Å². The van der Waals surface area contributed by atoms with Crippen LogP contribution in [-0.2, 0) is 0 Å². The molecule has 7 heteroatoms. The van der Waals surface area contributed by atoms with Crippen molar-refractivity contribution in [2.45, 2.75) is 6.04 Å². The predicted octanol–water partition coefficient (Wildman–Crippen LogP) is 3.82. The van der Waals surface area contributed by atoms with Gasteiger partial charge in [-0.15, -0.1) is 0 Å². The van der Waals surface area contributed by atoms with Crippen molar-refractivity contribution in [3.8, 4) is 11.5 Å².